The van der Waals surface area contributed by atoms with Crippen molar-refractivity contribution in [2.45, 2.75) is 13.8 Å². The van der Waals surface area contributed by atoms with Crippen molar-refractivity contribution in [1.29, 1.82) is 0 Å². The van der Waals surface area contributed by atoms with Crippen molar-refractivity contribution in [2.75, 3.05) is 13.1 Å². The highest BCUT2D eigenvalue weighted by Gasteiger charge is 2.36. The second-order valence-electron chi connectivity index (χ2n) is 5.31. The molecule has 0 unspecified atom stereocenters. The lowest BCUT2D eigenvalue weighted by atomic mass is 10.2. The van der Waals surface area contributed by atoms with Gasteiger partial charge in [0.05, 0.1) is 0 Å². The van der Waals surface area contributed by atoms with Crippen LogP contribution in [0.1, 0.15) is 19.6 Å². The number of thiocarbonyl (C=S) groups is 1. The molecular formula is C18H17ClN2O2S. The Labute approximate surface area is 151 Å². The monoisotopic (exact) mass is 360 g/mol. The van der Waals surface area contributed by atoms with E-state index in [0.29, 0.717) is 34.7 Å². The van der Waals surface area contributed by atoms with Gasteiger partial charge in [-0.3, -0.25) is 9.69 Å². The summed E-state index contributed by atoms with van der Waals surface area (Å²) >= 11 is 11.3. The maximum Gasteiger partial charge on any atom is 0.276 e. The molecule has 1 aromatic heterocycles. The Morgan fingerprint density at radius 2 is 1.75 bits per heavy atom. The minimum absolute atomic E-state index is 0.0891. The number of carbonyl (C=O) groups excluding carboxylic acids is 1. The molecular weight excluding hydrogens is 344 g/mol. The van der Waals surface area contributed by atoms with Crippen LogP contribution in [0.2, 0.25) is 5.02 Å². The molecule has 4 nitrogen and oxygen atoms in total. The summed E-state index contributed by atoms with van der Waals surface area (Å²) in [5.41, 5.74) is 1.47. The Kier molecular flexibility index (Phi) is 4.73. The Hall–Kier alpha value is -2.11. The minimum atomic E-state index is -0.0891. The van der Waals surface area contributed by atoms with Gasteiger partial charge in [-0.1, -0.05) is 11.6 Å². The zero-order chi connectivity index (χ0) is 17.3. The van der Waals surface area contributed by atoms with Crippen LogP contribution in [0.3, 0.4) is 0 Å². The lowest BCUT2D eigenvalue weighted by Gasteiger charge is -2.16. The zero-order valence-corrected chi connectivity index (χ0v) is 15.0. The number of hydrogen-bond acceptors (Lipinski definition) is 3. The van der Waals surface area contributed by atoms with E-state index >= 15 is 0 Å². The molecule has 0 saturated carbocycles. The van der Waals surface area contributed by atoms with E-state index in [1.165, 1.54) is 0 Å². The fourth-order valence-corrected chi connectivity index (χ4v) is 3.21. The lowest BCUT2D eigenvalue weighted by molar-refractivity contribution is -0.122. The summed E-state index contributed by atoms with van der Waals surface area (Å²) in [5.74, 6) is 1.25. The Bertz CT molecular complexity index is 811. The predicted molar refractivity (Wildman–Crippen MR) is 99.5 cm³/mol. The van der Waals surface area contributed by atoms with Crippen LogP contribution in [0.25, 0.3) is 17.4 Å². The predicted octanol–water partition coefficient (Wildman–Crippen LogP) is 4.41. The van der Waals surface area contributed by atoms with Crippen LogP contribution in [0.4, 0.5) is 0 Å². The van der Waals surface area contributed by atoms with E-state index in [4.69, 9.17) is 28.2 Å². The summed E-state index contributed by atoms with van der Waals surface area (Å²) < 4.78 is 5.86. The largest absolute Gasteiger partial charge is 0.457 e. The van der Waals surface area contributed by atoms with Crippen LogP contribution in [0.5, 0.6) is 0 Å². The summed E-state index contributed by atoms with van der Waals surface area (Å²) in [6.07, 6.45) is 1.74. The van der Waals surface area contributed by atoms with Gasteiger partial charge in [0, 0.05) is 29.8 Å². The number of carbonyl (C=O) groups is 1. The lowest BCUT2D eigenvalue weighted by Crippen LogP contribution is -2.32. The van der Waals surface area contributed by atoms with Crippen LogP contribution in [-0.4, -0.2) is 33.9 Å². The molecule has 24 heavy (non-hydrogen) atoms. The summed E-state index contributed by atoms with van der Waals surface area (Å²) in [6, 6.07) is 11.1. The van der Waals surface area contributed by atoms with Gasteiger partial charge >= 0.3 is 0 Å². The number of rotatable bonds is 4. The highest BCUT2D eigenvalue weighted by Crippen LogP contribution is 2.27. The van der Waals surface area contributed by atoms with E-state index in [2.05, 4.69) is 0 Å². The first-order valence-corrected chi connectivity index (χ1v) is 8.54. The van der Waals surface area contributed by atoms with Crippen molar-refractivity contribution < 1.29 is 9.21 Å². The molecule has 6 heteroatoms. The molecule has 1 saturated heterocycles. The topological polar surface area (TPSA) is 36.7 Å². The van der Waals surface area contributed by atoms with E-state index in [-0.39, 0.29) is 5.91 Å². The number of likely N-dealkylation sites (N-methyl/N-ethyl adjacent to an activating group) is 2. The minimum Gasteiger partial charge on any atom is -0.457 e. The third-order valence-corrected chi connectivity index (χ3v) is 4.58. The molecule has 124 valence electrons. The fourth-order valence-electron chi connectivity index (χ4n) is 2.65. The van der Waals surface area contributed by atoms with E-state index < -0.39 is 0 Å². The molecule has 0 radical (unpaired) electrons. The molecule has 1 amide bonds. The smallest absolute Gasteiger partial charge is 0.276 e. The van der Waals surface area contributed by atoms with Crippen LogP contribution in [-0.2, 0) is 4.79 Å². The summed E-state index contributed by atoms with van der Waals surface area (Å²) in [6.45, 7) is 5.07. The van der Waals surface area contributed by atoms with E-state index in [0.717, 1.165) is 11.3 Å². The summed E-state index contributed by atoms with van der Waals surface area (Å²) in [7, 11) is 0. The molecule has 3 rings (SSSR count). The van der Waals surface area contributed by atoms with E-state index in [1.54, 1.807) is 11.0 Å². The van der Waals surface area contributed by atoms with Crippen molar-refractivity contribution in [2.24, 2.45) is 0 Å². The van der Waals surface area contributed by atoms with Gasteiger partial charge < -0.3 is 9.32 Å². The molecule has 0 atom stereocenters. The molecule has 1 fully saturated rings. The van der Waals surface area contributed by atoms with Crippen molar-refractivity contribution in [1.82, 2.24) is 9.80 Å². The molecule has 2 aromatic rings. The third-order valence-electron chi connectivity index (χ3n) is 3.88. The first-order chi connectivity index (χ1) is 11.5. The Morgan fingerprint density at radius 1 is 1.08 bits per heavy atom. The molecule has 1 aliphatic heterocycles. The molecule has 0 aliphatic carbocycles. The average molecular weight is 361 g/mol. The number of amides is 1. The first-order valence-electron chi connectivity index (χ1n) is 7.76. The summed E-state index contributed by atoms with van der Waals surface area (Å²) in [4.78, 5) is 15.9. The van der Waals surface area contributed by atoms with Crippen LogP contribution in [0, 0.1) is 0 Å². The van der Waals surface area contributed by atoms with Gasteiger partial charge in [0.2, 0.25) is 0 Å². The first kappa shape index (κ1) is 16.7. The van der Waals surface area contributed by atoms with E-state index in [1.807, 2.05) is 55.1 Å². The molecule has 2 heterocycles. The molecule has 0 N–H and O–H groups in total. The fraction of sp³-hybridized carbons (Fsp3) is 0.222. The molecule has 1 aliphatic rings. The van der Waals surface area contributed by atoms with E-state index in [9.17, 15) is 4.79 Å². The Morgan fingerprint density at radius 3 is 2.38 bits per heavy atom. The maximum atomic E-state index is 12.5. The van der Waals surface area contributed by atoms with Crippen LogP contribution < -0.4 is 0 Å². The quantitative estimate of drug-likeness (QED) is 0.597. The van der Waals surface area contributed by atoms with Crippen molar-refractivity contribution >= 4 is 40.9 Å². The highest BCUT2D eigenvalue weighted by molar-refractivity contribution is 7.80. The van der Waals surface area contributed by atoms with Gasteiger partial charge in [-0.05, 0) is 62.5 Å². The number of nitrogens with zero attached hydrogens (tertiary/aromatic N) is 2. The van der Waals surface area contributed by atoms with Gasteiger partial charge in [0.25, 0.3) is 5.91 Å². The summed E-state index contributed by atoms with van der Waals surface area (Å²) in [5, 5.41) is 1.22. The maximum absolute atomic E-state index is 12.5. The van der Waals surface area contributed by atoms with Gasteiger partial charge in [0.15, 0.2) is 5.11 Å². The standard InChI is InChI=1S/C18H17ClN2O2S/c1-3-20-15(17(22)21(4-2)18(20)24)11-14-9-10-16(23-14)12-5-7-13(19)8-6-12/h5-11H,3-4H2,1-2H3. The van der Waals surface area contributed by atoms with Gasteiger partial charge in [-0.2, -0.15) is 0 Å². The number of halogens is 1. The highest BCUT2D eigenvalue weighted by atomic mass is 35.5. The van der Waals surface area contributed by atoms with Crippen molar-refractivity contribution in [3.8, 4) is 11.3 Å². The molecule has 1 aromatic carbocycles. The number of benzene rings is 1. The SMILES string of the molecule is CCN1C(=O)C(=Cc2ccc(-c3ccc(Cl)cc3)o2)N(CC)C1=S. The third kappa shape index (κ3) is 2.97. The van der Waals surface area contributed by atoms with Crippen molar-refractivity contribution in [3.05, 3.63) is 52.9 Å². The van der Waals surface area contributed by atoms with Gasteiger partial charge in [0.1, 0.15) is 17.2 Å². The van der Waals surface area contributed by atoms with Gasteiger partial charge in [-0.25, -0.2) is 0 Å². The van der Waals surface area contributed by atoms with Crippen LogP contribution >= 0.6 is 23.8 Å². The van der Waals surface area contributed by atoms with Crippen molar-refractivity contribution in [3.63, 3.8) is 0 Å². The number of furan rings is 1. The van der Waals surface area contributed by atoms with Gasteiger partial charge in [-0.15, -0.1) is 0 Å². The normalized spacial score (nSPS) is 16.5. The molecule has 0 bridgehead atoms. The second-order valence-corrected chi connectivity index (χ2v) is 6.12. The Balaban J connectivity index is 1.92. The number of hydrogen-bond donors (Lipinski definition) is 0. The average Bonchev–Trinajstić information content (AvgIpc) is 3.12. The second kappa shape index (κ2) is 6.79. The molecule has 0 spiro atoms. The zero-order valence-electron chi connectivity index (χ0n) is 13.5. The van der Waals surface area contributed by atoms with Crippen LogP contribution in [0.15, 0.2) is 46.5 Å².